The molecule has 15 heavy (non-hydrogen) atoms. The Hall–Kier alpha value is -1.59. The summed E-state index contributed by atoms with van der Waals surface area (Å²) in [7, 11) is 0. The highest BCUT2D eigenvalue weighted by molar-refractivity contribution is 8.03. The van der Waals surface area contributed by atoms with Crippen LogP contribution in [-0.4, -0.2) is 28.0 Å². The lowest BCUT2D eigenvalue weighted by Crippen LogP contribution is -2.12. The van der Waals surface area contributed by atoms with Gasteiger partial charge in [-0.15, -0.1) is 0 Å². The second-order valence-electron chi connectivity index (χ2n) is 2.56. The van der Waals surface area contributed by atoms with Crippen molar-refractivity contribution in [3.05, 3.63) is 0 Å². The van der Waals surface area contributed by atoms with E-state index < -0.39 is 0 Å². The number of nitrogen functional groups attached to an aromatic ring is 1. The summed E-state index contributed by atoms with van der Waals surface area (Å²) in [6, 6.07) is 0. The van der Waals surface area contributed by atoms with Crippen LogP contribution < -0.4 is 16.8 Å². The molecular weight excluding hydrogens is 214 g/mol. The molecule has 0 amide bonds. The molecule has 0 radical (unpaired) electrons. The first kappa shape index (κ1) is 11.5. The summed E-state index contributed by atoms with van der Waals surface area (Å²) in [5, 5.41) is 13.5. The molecule has 8 heteroatoms. The Balaban J connectivity index is 2.67. The number of thioether (sulfide) groups is 1. The molecule has 1 heterocycles. The van der Waals surface area contributed by atoms with Crippen molar-refractivity contribution in [3.8, 4) is 5.40 Å². The fraction of sp³-hybridized carbons (Fsp3) is 0.429. The molecule has 7 nitrogen and oxygen atoms in total. The lowest BCUT2D eigenvalue weighted by molar-refractivity contribution is 0.846. The molecule has 0 spiro atoms. The average Bonchev–Trinajstić information content (AvgIpc) is 2.18. The molecule has 0 aliphatic carbocycles. The summed E-state index contributed by atoms with van der Waals surface area (Å²) in [5.41, 5.74) is 10.8. The molecule has 0 saturated carbocycles. The minimum Gasteiger partial charge on any atom is -0.368 e. The average molecular weight is 225 g/mol. The van der Waals surface area contributed by atoms with Crippen LogP contribution in [0.25, 0.3) is 0 Å². The highest BCUT2D eigenvalue weighted by Crippen LogP contribution is 2.13. The third kappa shape index (κ3) is 3.97. The van der Waals surface area contributed by atoms with Crippen LogP contribution in [-0.2, 0) is 0 Å². The van der Waals surface area contributed by atoms with Crippen LogP contribution in [0.4, 0.5) is 11.9 Å². The normalized spacial score (nSPS) is 9.60. The zero-order chi connectivity index (χ0) is 11.1. The van der Waals surface area contributed by atoms with Gasteiger partial charge in [0.2, 0.25) is 17.1 Å². The first-order chi connectivity index (χ1) is 7.26. The summed E-state index contributed by atoms with van der Waals surface area (Å²) >= 11 is 0.841. The van der Waals surface area contributed by atoms with Gasteiger partial charge in [0.25, 0.3) is 0 Å². The van der Waals surface area contributed by atoms with Crippen LogP contribution in [0.1, 0.15) is 6.42 Å². The Morgan fingerprint density at radius 1 is 1.40 bits per heavy atom. The molecule has 80 valence electrons. The van der Waals surface area contributed by atoms with Crippen LogP contribution in [0.2, 0.25) is 0 Å². The van der Waals surface area contributed by atoms with Crippen molar-refractivity contribution < 1.29 is 0 Å². The molecule has 0 aliphatic rings. The Bertz CT molecular complexity index is 361. The maximum absolute atomic E-state index is 8.45. The molecule has 1 aromatic heterocycles. The number of nitrogens with one attached hydrogen (secondary N) is 1. The van der Waals surface area contributed by atoms with E-state index in [1.54, 1.807) is 0 Å². The molecule has 0 bridgehead atoms. The zero-order valence-corrected chi connectivity index (χ0v) is 8.79. The van der Waals surface area contributed by atoms with Gasteiger partial charge in [-0.1, -0.05) is 0 Å². The summed E-state index contributed by atoms with van der Waals surface area (Å²) in [4.78, 5) is 11.6. The predicted molar refractivity (Wildman–Crippen MR) is 57.9 cm³/mol. The Morgan fingerprint density at radius 2 is 2.20 bits per heavy atom. The number of rotatable bonds is 5. The van der Waals surface area contributed by atoms with Gasteiger partial charge in [0.15, 0.2) is 0 Å². The number of hydrogen-bond donors (Lipinski definition) is 3. The summed E-state index contributed by atoms with van der Waals surface area (Å²) in [6.45, 7) is 1.25. The summed E-state index contributed by atoms with van der Waals surface area (Å²) in [5.74, 6) is 0.465. The Labute approximate surface area is 91.3 Å². The quantitative estimate of drug-likeness (QED) is 0.357. The summed E-state index contributed by atoms with van der Waals surface area (Å²) in [6.07, 6.45) is 0.812. The molecule has 0 fully saturated rings. The predicted octanol–water partition coefficient (Wildman–Crippen LogP) is -0.212. The molecule has 0 saturated heterocycles. The first-order valence-corrected chi connectivity index (χ1v) is 5.09. The molecule has 1 rings (SSSR count). The molecule has 0 atom stereocenters. The van der Waals surface area contributed by atoms with Crippen LogP contribution in [0, 0.1) is 10.7 Å². The monoisotopic (exact) mass is 225 g/mol. The number of nitrogens with zero attached hydrogens (tertiary/aromatic N) is 4. The van der Waals surface area contributed by atoms with E-state index in [4.69, 9.17) is 16.7 Å². The van der Waals surface area contributed by atoms with E-state index >= 15 is 0 Å². The minimum absolute atomic E-state index is 0.0954. The molecule has 1 aromatic rings. The van der Waals surface area contributed by atoms with Crippen molar-refractivity contribution in [2.45, 2.75) is 11.6 Å². The van der Waals surface area contributed by atoms with E-state index in [9.17, 15) is 0 Å². The van der Waals surface area contributed by atoms with E-state index in [1.807, 2.05) is 5.40 Å². The van der Waals surface area contributed by atoms with E-state index in [1.165, 1.54) is 0 Å². The second kappa shape index (κ2) is 6.00. The van der Waals surface area contributed by atoms with E-state index in [2.05, 4.69) is 20.3 Å². The van der Waals surface area contributed by atoms with E-state index in [0.29, 0.717) is 24.2 Å². The first-order valence-electron chi connectivity index (χ1n) is 4.27. The topological polar surface area (TPSA) is 127 Å². The van der Waals surface area contributed by atoms with Crippen molar-refractivity contribution in [2.75, 3.05) is 24.1 Å². The van der Waals surface area contributed by atoms with Crippen molar-refractivity contribution in [3.63, 3.8) is 0 Å². The van der Waals surface area contributed by atoms with Crippen molar-refractivity contribution in [1.29, 1.82) is 5.26 Å². The van der Waals surface area contributed by atoms with Gasteiger partial charge in [-0.2, -0.15) is 20.2 Å². The van der Waals surface area contributed by atoms with Gasteiger partial charge in [-0.3, -0.25) is 0 Å². The molecule has 0 aliphatic heterocycles. The second-order valence-corrected chi connectivity index (χ2v) is 3.31. The van der Waals surface area contributed by atoms with E-state index in [-0.39, 0.29) is 5.95 Å². The Kier molecular flexibility index (Phi) is 4.59. The lowest BCUT2D eigenvalue weighted by atomic mass is 10.4. The van der Waals surface area contributed by atoms with Gasteiger partial charge in [0, 0.05) is 18.3 Å². The maximum atomic E-state index is 8.45. The van der Waals surface area contributed by atoms with Gasteiger partial charge in [0.1, 0.15) is 5.40 Å². The van der Waals surface area contributed by atoms with Gasteiger partial charge < -0.3 is 16.8 Å². The third-order valence-corrected chi connectivity index (χ3v) is 1.89. The van der Waals surface area contributed by atoms with Crippen LogP contribution in [0.3, 0.4) is 0 Å². The number of aromatic nitrogens is 3. The molecule has 0 aromatic carbocycles. The van der Waals surface area contributed by atoms with Crippen LogP contribution in [0.5, 0.6) is 0 Å². The third-order valence-electron chi connectivity index (χ3n) is 1.43. The highest BCUT2D eigenvalue weighted by Gasteiger charge is 2.03. The minimum atomic E-state index is 0.0954. The fourth-order valence-electron chi connectivity index (χ4n) is 0.840. The van der Waals surface area contributed by atoms with Gasteiger partial charge >= 0.3 is 0 Å². The zero-order valence-electron chi connectivity index (χ0n) is 7.97. The number of nitriles is 1. The van der Waals surface area contributed by atoms with Crippen molar-refractivity contribution in [1.82, 2.24) is 15.0 Å². The van der Waals surface area contributed by atoms with Gasteiger partial charge in [-0.05, 0) is 13.0 Å². The fourth-order valence-corrected chi connectivity index (χ4v) is 1.19. The number of thiocyanates is 1. The van der Waals surface area contributed by atoms with Crippen LogP contribution >= 0.6 is 11.8 Å². The molecular formula is C7H11N7S. The standard InChI is InChI=1S/C7H11N7S/c8-2-1-3-11-6-12-5(10)13-7(14-6)15-4-9/h1-3,8H2,(H3,10,11,12,13,14). The Morgan fingerprint density at radius 3 is 2.87 bits per heavy atom. The highest BCUT2D eigenvalue weighted by atomic mass is 32.2. The van der Waals surface area contributed by atoms with Gasteiger partial charge in [-0.25, -0.2) is 0 Å². The maximum Gasteiger partial charge on any atom is 0.228 e. The largest absolute Gasteiger partial charge is 0.368 e. The van der Waals surface area contributed by atoms with Crippen LogP contribution in [0.15, 0.2) is 5.16 Å². The molecule has 0 unspecified atom stereocenters. The van der Waals surface area contributed by atoms with Crippen molar-refractivity contribution in [2.24, 2.45) is 5.73 Å². The lowest BCUT2D eigenvalue weighted by Gasteiger charge is -2.04. The number of nitrogens with two attached hydrogens (primary N) is 2. The van der Waals surface area contributed by atoms with E-state index in [0.717, 1.165) is 18.2 Å². The number of anilines is 2. The van der Waals surface area contributed by atoms with Crippen molar-refractivity contribution >= 4 is 23.7 Å². The van der Waals surface area contributed by atoms with Gasteiger partial charge in [0.05, 0.1) is 0 Å². The smallest absolute Gasteiger partial charge is 0.228 e. The summed E-state index contributed by atoms with van der Waals surface area (Å²) < 4.78 is 0. The SMILES string of the molecule is N#CSc1nc(N)nc(NCCCN)n1. The number of hydrogen-bond acceptors (Lipinski definition) is 8. The molecule has 5 N–H and O–H groups in total.